The van der Waals surface area contributed by atoms with E-state index in [4.69, 9.17) is 5.11 Å². The van der Waals surface area contributed by atoms with E-state index in [1.807, 2.05) is 20.8 Å². The van der Waals surface area contributed by atoms with Gasteiger partial charge in [-0.3, -0.25) is 0 Å². The Bertz CT molecular complexity index is 518. The van der Waals surface area contributed by atoms with E-state index in [1.165, 1.54) is 0 Å². The molecule has 0 aliphatic heterocycles. The first-order chi connectivity index (χ1) is 9.70. The van der Waals surface area contributed by atoms with Crippen LogP contribution in [0.1, 0.15) is 27.7 Å². The molecule has 1 amide bonds. The summed E-state index contributed by atoms with van der Waals surface area (Å²) in [5.41, 5.74) is 0.319. The molecule has 0 spiro atoms. The molecule has 3 N–H and O–H groups in total. The Balaban J connectivity index is 1.32. The highest BCUT2D eigenvalue weighted by molar-refractivity contribution is 7.90. The molecule has 0 aromatic rings. The minimum atomic E-state index is -1.02. The topological polar surface area (TPSA) is 84.4 Å². The van der Waals surface area contributed by atoms with Crippen molar-refractivity contribution < 1.29 is 14.5 Å². The van der Waals surface area contributed by atoms with Crippen molar-refractivity contribution in [2.45, 2.75) is 44.0 Å². The molecule has 0 radical (unpaired) electrons. The van der Waals surface area contributed by atoms with Crippen LogP contribution in [-0.4, -0.2) is 32.1 Å². The quantitative estimate of drug-likeness (QED) is 0.681. The number of carbonyl (C=O) groups is 1. The van der Waals surface area contributed by atoms with Gasteiger partial charge in [0.05, 0.1) is 11.6 Å². The largest absolute Gasteiger partial charge is 0.598 e. The van der Waals surface area contributed by atoms with E-state index in [0.29, 0.717) is 40.9 Å². The van der Waals surface area contributed by atoms with Crippen LogP contribution in [0.2, 0.25) is 0 Å². The lowest BCUT2D eigenvalue weighted by Crippen LogP contribution is -3.16. The van der Waals surface area contributed by atoms with Crippen LogP contribution in [0.5, 0.6) is 0 Å². The van der Waals surface area contributed by atoms with Crippen molar-refractivity contribution in [3.63, 3.8) is 0 Å². The second kappa shape index (κ2) is 3.10. The maximum Gasteiger partial charge on any atom is 0.405 e. The predicted molar refractivity (Wildman–Crippen MR) is 77.8 cm³/mol. The van der Waals surface area contributed by atoms with Gasteiger partial charge < -0.3 is 15.0 Å². The normalized spacial score (nSPS) is 59.3. The smallest absolute Gasteiger partial charge is 0.405 e. The fourth-order valence-corrected chi connectivity index (χ4v) is 8.23. The molecule has 6 saturated carbocycles. The van der Waals surface area contributed by atoms with E-state index in [2.05, 4.69) is 17.0 Å². The average molecular weight is 310 g/mol. The summed E-state index contributed by atoms with van der Waals surface area (Å²) in [6.45, 7) is 8.17. The third-order valence-electron chi connectivity index (χ3n) is 7.62. The van der Waals surface area contributed by atoms with Crippen molar-refractivity contribution >= 4 is 17.5 Å². The van der Waals surface area contributed by atoms with Gasteiger partial charge in [-0.15, -0.1) is 4.72 Å². The summed E-state index contributed by atoms with van der Waals surface area (Å²) in [7, 11) is 0. The standard InChI is InChI=1S/C15H22N2O3S/c1-5(17-21(20)13(2,3)4)14-6-9-7(14)11-8(14)10(6)15(9,11)16-12(18)19/h5-11,16-17H,1-4H3,(H,18,19)/t5-,6?,7?,8?,9?,10?,11?,14?,15?,21-/m0/s1. The fourth-order valence-electron chi connectivity index (χ4n) is 7.35. The SMILES string of the molecule is C[C@H](N[S@@+]([O-])C(C)(C)C)C12C3C4C1C1C2C3C41NC(=O)O. The summed E-state index contributed by atoms with van der Waals surface area (Å²) in [6.07, 6.45) is -0.861. The zero-order chi connectivity index (χ0) is 15.1. The van der Waals surface area contributed by atoms with E-state index in [-0.39, 0.29) is 16.3 Å². The number of hydrogen-bond donors (Lipinski definition) is 3. The number of amides is 1. The van der Waals surface area contributed by atoms with Crippen molar-refractivity contribution in [3.8, 4) is 0 Å². The molecule has 0 unspecified atom stereocenters. The Hall–Kier alpha value is -0.460. The highest BCUT2D eigenvalue weighted by Crippen LogP contribution is 3.07. The lowest BCUT2D eigenvalue weighted by molar-refractivity contribution is -0.628. The molecular weight excluding hydrogens is 288 g/mol. The van der Waals surface area contributed by atoms with Crippen LogP contribution in [0.3, 0.4) is 0 Å². The van der Waals surface area contributed by atoms with Gasteiger partial charge in [-0.2, -0.15) is 0 Å². The maximum atomic E-state index is 12.3. The fraction of sp³-hybridized carbons (Fsp3) is 0.933. The summed E-state index contributed by atoms with van der Waals surface area (Å²) in [4.78, 5) is 11.0. The van der Waals surface area contributed by atoms with Crippen molar-refractivity contribution in [3.05, 3.63) is 0 Å². The number of rotatable bonds is 4. The Morgan fingerprint density at radius 3 is 2.05 bits per heavy atom. The molecule has 0 heterocycles. The highest BCUT2D eigenvalue weighted by atomic mass is 32.2. The maximum absolute atomic E-state index is 12.3. The average Bonchev–Trinajstić information content (AvgIpc) is 2.37. The van der Waals surface area contributed by atoms with E-state index in [9.17, 15) is 9.35 Å². The van der Waals surface area contributed by atoms with E-state index >= 15 is 0 Å². The van der Waals surface area contributed by atoms with Gasteiger partial charge in [0, 0.05) is 16.8 Å². The Morgan fingerprint density at radius 2 is 1.67 bits per heavy atom. The van der Waals surface area contributed by atoms with E-state index in [0.717, 1.165) is 0 Å². The Kier molecular flexibility index (Phi) is 1.92. The molecule has 116 valence electrons. The Labute approximate surface area is 127 Å². The van der Waals surface area contributed by atoms with Crippen molar-refractivity contribution in [2.24, 2.45) is 40.9 Å². The molecular formula is C15H22N2O3S. The van der Waals surface area contributed by atoms with Crippen LogP contribution in [0.15, 0.2) is 0 Å². The molecule has 6 aliphatic carbocycles. The summed E-state index contributed by atoms with van der Waals surface area (Å²) in [5, 5.41) is 11.9. The van der Waals surface area contributed by atoms with Crippen LogP contribution in [-0.2, 0) is 11.4 Å². The third kappa shape index (κ3) is 0.927. The number of hydrogen-bond acceptors (Lipinski definition) is 3. The molecule has 0 bridgehead atoms. The molecule has 0 saturated heterocycles. The van der Waals surface area contributed by atoms with E-state index in [1.54, 1.807) is 0 Å². The van der Waals surface area contributed by atoms with Gasteiger partial charge in [-0.05, 0) is 63.2 Å². The van der Waals surface area contributed by atoms with Crippen molar-refractivity contribution in [2.75, 3.05) is 0 Å². The van der Waals surface area contributed by atoms with Gasteiger partial charge in [0.25, 0.3) is 0 Å². The predicted octanol–water partition coefficient (Wildman–Crippen LogP) is 1.18. The van der Waals surface area contributed by atoms with Gasteiger partial charge in [-0.25, -0.2) is 4.79 Å². The molecule has 6 fully saturated rings. The van der Waals surface area contributed by atoms with Gasteiger partial charge in [-0.1, -0.05) is 0 Å². The van der Waals surface area contributed by atoms with Gasteiger partial charge >= 0.3 is 6.09 Å². The number of nitrogens with one attached hydrogen (secondary N) is 2. The summed E-state index contributed by atoms with van der Waals surface area (Å²) in [6, 6.07) is 0.282. The highest BCUT2D eigenvalue weighted by Gasteiger charge is 3.11. The monoisotopic (exact) mass is 310 g/mol. The second-order valence-electron chi connectivity index (χ2n) is 8.74. The summed E-state index contributed by atoms with van der Waals surface area (Å²) >= 11 is -1.02. The van der Waals surface area contributed by atoms with Gasteiger partial charge in [0.2, 0.25) is 0 Å². The van der Waals surface area contributed by atoms with E-state index < -0.39 is 17.5 Å². The number of carboxylic acid groups (broad SMARTS) is 1. The van der Waals surface area contributed by atoms with Crippen LogP contribution in [0.25, 0.3) is 0 Å². The first-order valence-corrected chi connectivity index (χ1v) is 9.04. The molecule has 6 rings (SSSR count). The van der Waals surface area contributed by atoms with Crippen molar-refractivity contribution in [1.29, 1.82) is 0 Å². The molecule has 6 heteroatoms. The molecule has 0 aromatic carbocycles. The summed E-state index contributed by atoms with van der Waals surface area (Å²) < 4.78 is 15.4. The van der Waals surface area contributed by atoms with Crippen molar-refractivity contribution in [1.82, 2.24) is 10.0 Å². The molecule has 21 heavy (non-hydrogen) atoms. The molecule has 6 aliphatic rings. The lowest BCUT2D eigenvalue weighted by Gasteiger charge is -3.11. The minimum Gasteiger partial charge on any atom is -0.598 e. The van der Waals surface area contributed by atoms with Crippen LogP contribution in [0.4, 0.5) is 4.79 Å². The molecule has 0 aromatic heterocycles. The van der Waals surface area contributed by atoms with Gasteiger partial charge in [0.15, 0.2) is 0 Å². The summed E-state index contributed by atoms with van der Waals surface area (Å²) in [5.74, 6) is 3.80. The van der Waals surface area contributed by atoms with Crippen LogP contribution < -0.4 is 10.0 Å². The first kappa shape index (κ1) is 13.0. The first-order valence-electron chi connectivity index (χ1n) is 7.89. The second-order valence-corrected chi connectivity index (χ2v) is 10.7. The minimum absolute atomic E-state index is 0.0313. The Morgan fingerprint density at radius 1 is 1.19 bits per heavy atom. The molecule has 5 nitrogen and oxygen atoms in total. The van der Waals surface area contributed by atoms with Gasteiger partial charge in [0.1, 0.15) is 4.75 Å². The lowest BCUT2D eigenvalue weighted by atomic mass is 8.93. The third-order valence-corrected chi connectivity index (χ3v) is 9.30. The zero-order valence-corrected chi connectivity index (χ0v) is 13.5. The van der Waals surface area contributed by atoms with Crippen LogP contribution >= 0.6 is 0 Å². The molecule has 2 atom stereocenters. The zero-order valence-electron chi connectivity index (χ0n) is 12.7. The van der Waals surface area contributed by atoms with Crippen LogP contribution in [0, 0.1) is 40.9 Å².